The number of fused-ring (bicyclic) bond motifs is 1. The fraction of sp³-hybridized carbons (Fsp3) is 0.500. The van der Waals surface area contributed by atoms with Crippen molar-refractivity contribution in [2.45, 2.75) is 26.1 Å². The lowest BCUT2D eigenvalue weighted by Gasteiger charge is -2.24. The normalized spacial score (nSPS) is 15.0. The Morgan fingerprint density at radius 3 is 2.62 bits per heavy atom. The van der Waals surface area contributed by atoms with Crippen LogP contribution in [-0.4, -0.2) is 18.3 Å². The van der Waals surface area contributed by atoms with Gasteiger partial charge in [-0.15, -0.1) is 0 Å². The van der Waals surface area contributed by atoms with Gasteiger partial charge in [-0.1, -0.05) is 0 Å². The molecule has 0 aliphatic carbocycles. The largest absolute Gasteiger partial charge is 0.486 e. The zero-order chi connectivity index (χ0) is 11.8. The van der Waals surface area contributed by atoms with Crippen LogP contribution in [0.2, 0.25) is 0 Å². The van der Waals surface area contributed by atoms with Gasteiger partial charge in [-0.3, -0.25) is 0 Å². The summed E-state index contributed by atoms with van der Waals surface area (Å²) < 4.78 is 24.6. The molecule has 0 radical (unpaired) electrons. The number of aliphatic hydroxyl groups excluding tert-OH is 1. The fourth-order valence-corrected chi connectivity index (χ4v) is 1.69. The van der Waals surface area contributed by atoms with E-state index < -0.39 is 5.67 Å². The Labute approximate surface area is 93.8 Å². The monoisotopic (exact) mass is 226 g/mol. The van der Waals surface area contributed by atoms with Crippen molar-refractivity contribution < 1.29 is 19.0 Å². The van der Waals surface area contributed by atoms with E-state index in [1.165, 1.54) is 13.8 Å². The molecule has 1 N–H and O–H groups in total. The minimum atomic E-state index is -1.46. The van der Waals surface area contributed by atoms with Gasteiger partial charge in [-0.05, 0) is 31.5 Å². The van der Waals surface area contributed by atoms with E-state index >= 15 is 0 Å². The van der Waals surface area contributed by atoms with E-state index in [-0.39, 0.29) is 6.61 Å². The molecule has 0 bridgehead atoms. The molecule has 16 heavy (non-hydrogen) atoms. The Hall–Kier alpha value is -1.29. The predicted molar refractivity (Wildman–Crippen MR) is 57.5 cm³/mol. The maximum absolute atomic E-state index is 13.8. The van der Waals surface area contributed by atoms with E-state index in [2.05, 4.69) is 0 Å². The van der Waals surface area contributed by atoms with Crippen LogP contribution in [-0.2, 0) is 12.3 Å². The lowest BCUT2D eigenvalue weighted by atomic mass is 9.97. The Kier molecular flexibility index (Phi) is 2.76. The van der Waals surface area contributed by atoms with Crippen molar-refractivity contribution in [3.05, 3.63) is 23.3 Å². The quantitative estimate of drug-likeness (QED) is 0.839. The molecule has 0 atom stereocenters. The number of halogens is 1. The third-order valence-electron chi connectivity index (χ3n) is 2.58. The second kappa shape index (κ2) is 3.94. The Balaban J connectivity index is 2.52. The first-order valence-electron chi connectivity index (χ1n) is 5.25. The Morgan fingerprint density at radius 2 is 2.00 bits per heavy atom. The molecule has 2 rings (SSSR count). The summed E-state index contributed by atoms with van der Waals surface area (Å²) in [6.45, 7) is 3.67. The number of rotatable bonds is 2. The summed E-state index contributed by atoms with van der Waals surface area (Å²) in [4.78, 5) is 0. The topological polar surface area (TPSA) is 38.7 Å². The van der Waals surface area contributed by atoms with E-state index in [1.807, 2.05) is 0 Å². The number of alkyl halides is 1. The molecule has 1 aromatic rings. The first-order chi connectivity index (χ1) is 7.52. The van der Waals surface area contributed by atoms with Gasteiger partial charge in [0, 0.05) is 5.56 Å². The van der Waals surface area contributed by atoms with Crippen LogP contribution in [0.4, 0.5) is 4.39 Å². The van der Waals surface area contributed by atoms with Gasteiger partial charge >= 0.3 is 0 Å². The van der Waals surface area contributed by atoms with Gasteiger partial charge in [0.05, 0.1) is 6.61 Å². The van der Waals surface area contributed by atoms with Gasteiger partial charge in [0.25, 0.3) is 0 Å². The molecule has 0 aromatic heterocycles. The summed E-state index contributed by atoms with van der Waals surface area (Å²) in [6.07, 6.45) is 0. The molecule has 0 unspecified atom stereocenters. The highest BCUT2D eigenvalue weighted by Gasteiger charge is 2.24. The molecular formula is C12H15FO3. The number of ether oxygens (including phenoxy) is 2. The standard InChI is InChI=1S/C12H15FO3/c1-12(2,13)9-5-8(7-14)11-10(6-9)15-3-4-16-11/h5-6,14H,3-4,7H2,1-2H3. The van der Waals surface area contributed by atoms with Gasteiger partial charge in [0.15, 0.2) is 11.5 Å². The molecule has 0 fully saturated rings. The van der Waals surface area contributed by atoms with E-state index in [0.717, 1.165) is 0 Å². The smallest absolute Gasteiger partial charge is 0.166 e. The van der Waals surface area contributed by atoms with Crippen LogP contribution in [0.3, 0.4) is 0 Å². The summed E-state index contributed by atoms with van der Waals surface area (Å²) in [5.74, 6) is 1.04. The minimum absolute atomic E-state index is 0.185. The average Bonchev–Trinajstić information content (AvgIpc) is 2.26. The zero-order valence-electron chi connectivity index (χ0n) is 9.42. The number of hydrogen-bond donors (Lipinski definition) is 1. The van der Waals surface area contributed by atoms with Crippen molar-refractivity contribution in [2.24, 2.45) is 0 Å². The van der Waals surface area contributed by atoms with Crippen molar-refractivity contribution in [3.63, 3.8) is 0 Å². The zero-order valence-corrected chi connectivity index (χ0v) is 9.42. The predicted octanol–water partition coefficient (Wildman–Crippen LogP) is 2.15. The first-order valence-corrected chi connectivity index (χ1v) is 5.25. The van der Waals surface area contributed by atoms with E-state index in [9.17, 15) is 9.50 Å². The number of benzene rings is 1. The van der Waals surface area contributed by atoms with Crippen LogP contribution in [0, 0.1) is 0 Å². The highest BCUT2D eigenvalue weighted by Crippen LogP contribution is 2.39. The van der Waals surface area contributed by atoms with Crippen LogP contribution < -0.4 is 9.47 Å². The molecule has 88 valence electrons. The summed E-state index contributed by atoms with van der Waals surface area (Å²) in [7, 11) is 0. The molecule has 1 heterocycles. The van der Waals surface area contributed by atoms with Gasteiger partial charge in [0.2, 0.25) is 0 Å². The van der Waals surface area contributed by atoms with E-state index in [4.69, 9.17) is 9.47 Å². The lowest BCUT2D eigenvalue weighted by molar-refractivity contribution is 0.162. The summed E-state index contributed by atoms with van der Waals surface area (Å²) >= 11 is 0. The maximum Gasteiger partial charge on any atom is 0.166 e. The molecule has 0 saturated heterocycles. The third kappa shape index (κ3) is 1.97. The summed E-state index contributed by atoms with van der Waals surface area (Å²) in [6, 6.07) is 3.25. The SMILES string of the molecule is CC(C)(F)c1cc(CO)c2c(c1)OCCO2. The summed E-state index contributed by atoms with van der Waals surface area (Å²) in [5.41, 5.74) is -0.404. The van der Waals surface area contributed by atoms with Gasteiger partial charge < -0.3 is 14.6 Å². The highest BCUT2D eigenvalue weighted by molar-refractivity contribution is 5.51. The van der Waals surface area contributed by atoms with Crippen LogP contribution >= 0.6 is 0 Å². The highest BCUT2D eigenvalue weighted by atomic mass is 19.1. The van der Waals surface area contributed by atoms with Crippen LogP contribution in [0.15, 0.2) is 12.1 Å². The second-order valence-corrected chi connectivity index (χ2v) is 4.29. The van der Waals surface area contributed by atoms with E-state index in [0.29, 0.717) is 35.8 Å². The van der Waals surface area contributed by atoms with Crippen molar-refractivity contribution in [1.82, 2.24) is 0 Å². The first kappa shape index (κ1) is 11.2. The molecule has 1 aliphatic rings. The minimum Gasteiger partial charge on any atom is -0.486 e. The molecule has 4 heteroatoms. The fourth-order valence-electron chi connectivity index (χ4n) is 1.69. The van der Waals surface area contributed by atoms with Gasteiger partial charge in [-0.25, -0.2) is 4.39 Å². The van der Waals surface area contributed by atoms with Crippen LogP contribution in [0.1, 0.15) is 25.0 Å². The Morgan fingerprint density at radius 1 is 1.31 bits per heavy atom. The van der Waals surface area contributed by atoms with Crippen LogP contribution in [0.25, 0.3) is 0 Å². The Bertz CT molecular complexity index is 379. The van der Waals surface area contributed by atoms with Gasteiger partial charge in [-0.2, -0.15) is 0 Å². The molecule has 1 aliphatic heterocycles. The van der Waals surface area contributed by atoms with E-state index in [1.54, 1.807) is 12.1 Å². The van der Waals surface area contributed by atoms with Crippen molar-refractivity contribution in [3.8, 4) is 11.5 Å². The molecular weight excluding hydrogens is 211 g/mol. The van der Waals surface area contributed by atoms with Crippen molar-refractivity contribution in [1.29, 1.82) is 0 Å². The van der Waals surface area contributed by atoms with Gasteiger partial charge in [0.1, 0.15) is 18.9 Å². The van der Waals surface area contributed by atoms with Crippen molar-refractivity contribution in [2.75, 3.05) is 13.2 Å². The second-order valence-electron chi connectivity index (χ2n) is 4.29. The summed E-state index contributed by atoms with van der Waals surface area (Å²) in [5, 5.41) is 9.23. The maximum atomic E-state index is 13.8. The average molecular weight is 226 g/mol. The third-order valence-corrected chi connectivity index (χ3v) is 2.58. The lowest BCUT2D eigenvalue weighted by Crippen LogP contribution is -2.18. The number of hydrogen-bond acceptors (Lipinski definition) is 3. The van der Waals surface area contributed by atoms with Crippen molar-refractivity contribution >= 4 is 0 Å². The molecule has 3 nitrogen and oxygen atoms in total. The molecule has 0 spiro atoms. The molecule has 1 aromatic carbocycles. The molecule has 0 amide bonds. The molecule has 0 saturated carbocycles. The van der Waals surface area contributed by atoms with Crippen LogP contribution in [0.5, 0.6) is 11.5 Å². The number of aliphatic hydroxyl groups is 1.